The van der Waals surface area contributed by atoms with E-state index in [1.807, 2.05) is 0 Å². The van der Waals surface area contributed by atoms with E-state index in [2.05, 4.69) is 0 Å². The van der Waals surface area contributed by atoms with Gasteiger partial charge in [-0.15, -0.1) is 0 Å². The Hall–Kier alpha value is -1.71. The average molecular weight is 235 g/mol. The van der Waals surface area contributed by atoms with Crippen LogP contribution in [0.2, 0.25) is 0 Å². The zero-order chi connectivity index (χ0) is 12.3. The Kier molecular flexibility index (Phi) is 3.52. The maximum Gasteiger partial charge on any atom is 0.343 e. The minimum Gasteiger partial charge on any atom is -0.489 e. The van der Waals surface area contributed by atoms with E-state index in [9.17, 15) is 4.79 Å². The summed E-state index contributed by atoms with van der Waals surface area (Å²) in [6.45, 7) is 0. The SMILES string of the molecule is COC(=O)c1c(N)cccc1OC1CCCC1. The molecule has 17 heavy (non-hydrogen) atoms. The molecule has 0 spiro atoms. The molecule has 0 aromatic heterocycles. The van der Waals surface area contributed by atoms with E-state index in [4.69, 9.17) is 15.2 Å². The number of carbonyl (C=O) groups is 1. The van der Waals surface area contributed by atoms with Crippen molar-refractivity contribution < 1.29 is 14.3 Å². The van der Waals surface area contributed by atoms with Crippen molar-refractivity contribution in [3.05, 3.63) is 23.8 Å². The summed E-state index contributed by atoms with van der Waals surface area (Å²) in [4.78, 5) is 11.6. The summed E-state index contributed by atoms with van der Waals surface area (Å²) in [5.41, 5.74) is 6.52. The summed E-state index contributed by atoms with van der Waals surface area (Å²) < 4.78 is 10.6. The second-order valence-corrected chi connectivity index (χ2v) is 4.24. The standard InChI is InChI=1S/C13H17NO3/c1-16-13(15)12-10(14)7-4-8-11(12)17-9-5-2-3-6-9/h4,7-9H,2-3,5-6,14H2,1H3. The molecule has 4 heteroatoms. The highest BCUT2D eigenvalue weighted by Gasteiger charge is 2.22. The van der Waals surface area contributed by atoms with E-state index in [1.165, 1.54) is 20.0 Å². The molecule has 0 radical (unpaired) electrons. The number of carbonyl (C=O) groups excluding carboxylic acids is 1. The van der Waals surface area contributed by atoms with Gasteiger partial charge in [-0.2, -0.15) is 0 Å². The number of benzene rings is 1. The van der Waals surface area contributed by atoms with Crippen LogP contribution in [0.15, 0.2) is 18.2 Å². The van der Waals surface area contributed by atoms with Crippen molar-refractivity contribution in [2.75, 3.05) is 12.8 Å². The minimum atomic E-state index is -0.448. The van der Waals surface area contributed by atoms with E-state index in [1.54, 1.807) is 18.2 Å². The van der Waals surface area contributed by atoms with Gasteiger partial charge in [0, 0.05) is 5.69 Å². The van der Waals surface area contributed by atoms with Crippen LogP contribution in [-0.2, 0) is 4.74 Å². The largest absolute Gasteiger partial charge is 0.489 e. The zero-order valence-corrected chi connectivity index (χ0v) is 9.94. The van der Waals surface area contributed by atoms with Crippen molar-refractivity contribution in [3.8, 4) is 5.75 Å². The Morgan fingerprint density at radius 2 is 2.06 bits per heavy atom. The minimum absolute atomic E-state index is 0.195. The van der Waals surface area contributed by atoms with Gasteiger partial charge in [0.05, 0.1) is 13.2 Å². The summed E-state index contributed by atoms with van der Waals surface area (Å²) in [6, 6.07) is 5.22. The van der Waals surface area contributed by atoms with Gasteiger partial charge in [-0.3, -0.25) is 0 Å². The number of methoxy groups -OCH3 is 1. The third-order valence-electron chi connectivity index (χ3n) is 3.04. The lowest BCUT2D eigenvalue weighted by Crippen LogP contribution is -2.15. The van der Waals surface area contributed by atoms with Gasteiger partial charge in [0.1, 0.15) is 11.3 Å². The maximum absolute atomic E-state index is 11.6. The first-order chi connectivity index (χ1) is 8.22. The number of anilines is 1. The molecule has 1 fully saturated rings. The Balaban J connectivity index is 2.25. The lowest BCUT2D eigenvalue weighted by molar-refractivity contribution is 0.0594. The Morgan fingerprint density at radius 3 is 2.71 bits per heavy atom. The van der Waals surface area contributed by atoms with Crippen LogP contribution >= 0.6 is 0 Å². The molecule has 2 N–H and O–H groups in total. The molecular weight excluding hydrogens is 218 g/mol. The number of esters is 1. The van der Waals surface area contributed by atoms with E-state index >= 15 is 0 Å². The molecule has 2 rings (SSSR count). The highest BCUT2D eigenvalue weighted by Crippen LogP contribution is 2.30. The van der Waals surface area contributed by atoms with Crippen molar-refractivity contribution in [2.45, 2.75) is 31.8 Å². The highest BCUT2D eigenvalue weighted by atomic mass is 16.5. The van der Waals surface area contributed by atoms with Crippen molar-refractivity contribution in [3.63, 3.8) is 0 Å². The Morgan fingerprint density at radius 1 is 1.35 bits per heavy atom. The van der Waals surface area contributed by atoms with E-state index in [0.717, 1.165) is 12.8 Å². The van der Waals surface area contributed by atoms with Crippen LogP contribution in [0.25, 0.3) is 0 Å². The van der Waals surface area contributed by atoms with Crippen LogP contribution in [0.4, 0.5) is 5.69 Å². The molecule has 1 aromatic rings. The predicted molar refractivity (Wildman–Crippen MR) is 65.1 cm³/mol. The van der Waals surface area contributed by atoms with Gasteiger partial charge < -0.3 is 15.2 Å². The average Bonchev–Trinajstić information content (AvgIpc) is 2.81. The Labute approximate surface area is 101 Å². The quantitative estimate of drug-likeness (QED) is 0.645. The van der Waals surface area contributed by atoms with Gasteiger partial charge in [0.15, 0.2) is 0 Å². The van der Waals surface area contributed by atoms with Gasteiger partial charge in [-0.1, -0.05) is 6.07 Å². The van der Waals surface area contributed by atoms with Crippen LogP contribution in [0.5, 0.6) is 5.75 Å². The van der Waals surface area contributed by atoms with Crippen molar-refractivity contribution in [1.82, 2.24) is 0 Å². The number of rotatable bonds is 3. The second-order valence-electron chi connectivity index (χ2n) is 4.24. The van der Waals surface area contributed by atoms with Gasteiger partial charge >= 0.3 is 5.97 Å². The molecule has 0 unspecified atom stereocenters. The lowest BCUT2D eigenvalue weighted by atomic mass is 10.1. The smallest absolute Gasteiger partial charge is 0.343 e. The molecule has 0 atom stereocenters. The van der Waals surface area contributed by atoms with Crippen LogP contribution in [0.3, 0.4) is 0 Å². The first kappa shape index (κ1) is 11.8. The lowest BCUT2D eigenvalue weighted by Gasteiger charge is -2.16. The molecule has 92 valence electrons. The van der Waals surface area contributed by atoms with Crippen LogP contribution < -0.4 is 10.5 Å². The topological polar surface area (TPSA) is 61.5 Å². The van der Waals surface area contributed by atoms with Crippen LogP contribution in [-0.4, -0.2) is 19.2 Å². The van der Waals surface area contributed by atoms with E-state index in [0.29, 0.717) is 17.0 Å². The third-order valence-corrected chi connectivity index (χ3v) is 3.04. The molecule has 4 nitrogen and oxygen atoms in total. The van der Waals surface area contributed by atoms with E-state index in [-0.39, 0.29) is 6.10 Å². The van der Waals surface area contributed by atoms with Crippen molar-refractivity contribution in [1.29, 1.82) is 0 Å². The summed E-state index contributed by atoms with van der Waals surface area (Å²) in [7, 11) is 1.34. The van der Waals surface area contributed by atoms with Gasteiger partial charge in [0.25, 0.3) is 0 Å². The summed E-state index contributed by atoms with van der Waals surface area (Å²) in [6.07, 6.45) is 4.63. The van der Waals surface area contributed by atoms with Crippen LogP contribution in [0, 0.1) is 0 Å². The first-order valence-electron chi connectivity index (χ1n) is 5.86. The molecular formula is C13H17NO3. The number of nitrogens with two attached hydrogens (primary N) is 1. The fraction of sp³-hybridized carbons (Fsp3) is 0.462. The first-order valence-corrected chi connectivity index (χ1v) is 5.86. The molecule has 1 aliphatic carbocycles. The second kappa shape index (κ2) is 5.08. The van der Waals surface area contributed by atoms with Crippen molar-refractivity contribution in [2.24, 2.45) is 0 Å². The zero-order valence-electron chi connectivity index (χ0n) is 9.94. The number of nitrogen functional groups attached to an aromatic ring is 1. The van der Waals surface area contributed by atoms with E-state index < -0.39 is 5.97 Å². The fourth-order valence-electron chi connectivity index (χ4n) is 2.15. The number of hydrogen-bond acceptors (Lipinski definition) is 4. The molecule has 0 aliphatic heterocycles. The molecule has 1 aromatic carbocycles. The molecule has 0 saturated heterocycles. The highest BCUT2D eigenvalue weighted by molar-refractivity contribution is 5.98. The van der Waals surface area contributed by atoms with Gasteiger partial charge in [-0.25, -0.2) is 4.79 Å². The maximum atomic E-state index is 11.6. The third kappa shape index (κ3) is 2.52. The number of ether oxygens (including phenoxy) is 2. The normalized spacial score (nSPS) is 15.8. The van der Waals surface area contributed by atoms with Gasteiger partial charge in [-0.05, 0) is 37.8 Å². The molecule has 0 bridgehead atoms. The monoisotopic (exact) mass is 235 g/mol. The van der Waals surface area contributed by atoms with Gasteiger partial charge in [0.2, 0.25) is 0 Å². The molecule has 1 aliphatic rings. The van der Waals surface area contributed by atoms with Crippen molar-refractivity contribution >= 4 is 11.7 Å². The summed E-state index contributed by atoms with van der Waals surface area (Å²) in [5, 5.41) is 0. The number of hydrogen-bond donors (Lipinski definition) is 1. The fourth-order valence-corrected chi connectivity index (χ4v) is 2.15. The predicted octanol–water partition coefficient (Wildman–Crippen LogP) is 2.38. The summed E-state index contributed by atoms with van der Waals surface area (Å²) in [5.74, 6) is 0.0832. The summed E-state index contributed by atoms with van der Waals surface area (Å²) >= 11 is 0. The van der Waals surface area contributed by atoms with Crippen LogP contribution in [0.1, 0.15) is 36.0 Å². The molecule has 0 amide bonds. The molecule has 1 saturated carbocycles. The Bertz CT molecular complexity index is 411. The molecule has 0 heterocycles.